The molecule has 21 heavy (non-hydrogen) atoms. The number of benzene rings is 2. The van der Waals surface area contributed by atoms with E-state index in [0.717, 1.165) is 0 Å². The van der Waals surface area contributed by atoms with Gasteiger partial charge in [0.05, 0.1) is 5.56 Å². The fraction of sp³-hybridized carbons (Fsp3) is 0.0667. The second-order valence-corrected chi connectivity index (χ2v) is 4.43. The van der Waals surface area contributed by atoms with Crippen molar-refractivity contribution < 1.29 is 19.1 Å². The molecule has 0 aromatic heterocycles. The van der Waals surface area contributed by atoms with Gasteiger partial charge in [0, 0.05) is 11.4 Å². The summed E-state index contributed by atoms with van der Waals surface area (Å²) in [5.74, 6) is -1.38. The van der Waals surface area contributed by atoms with E-state index in [9.17, 15) is 14.0 Å². The summed E-state index contributed by atoms with van der Waals surface area (Å²) in [5, 5.41) is 13.9. The number of nitrogens with one attached hydrogen (secondary N) is 2. The lowest BCUT2D eigenvalue weighted by Crippen LogP contribution is -2.19. The Morgan fingerprint density at radius 3 is 2.14 bits per heavy atom. The number of carboxylic acids is 1. The van der Waals surface area contributed by atoms with Gasteiger partial charge < -0.3 is 15.7 Å². The molecule has 0 radical (unpaired) electrons. The van der Waals surface area contributed by atoms with E-state index in [1.165, 1.54) is 42.5 Å². The van der Waals surface area contributed by atoms with Crippen molar-refractivity contribution in [1.29, 1.82) is 0 Å². The van der Waals surface area contributed by atoms with Crippen LogP contribution in [0.3, 0.4) is 0 Å². The van der Waals surface area contributed by atoms with E-state index in [4.69, 9.17) is 5.11 Å². The van der Waals surface area contributed by atoms with Gasteiger partial charge in [-0.25, -0.2) is 14.0 Å². The fourth-order valence-electron chi connectivity index (χ4n) is 1.71. The predicted molar refractivity (Wildman–Crippen MR) is 77.2 cm³/mol. The number of aryl methyl sites for hydroxylation is 1. The first-order chi connectivity index (χ1) is 9.95. The Kier molecular flexibility index (Phi) is 4.18. The standard InChI is InChI=1S/C15H13FN2O3/c1-9-8-12(6-7-13(9)16)18-15(21)17-11-4-2-10(3-5-11)14(19)20/h2-8H,1H3,(H,19,20)(H2,17,18,21). The Balaban J connectivity index is 2.01. The summed E-state index contributed by atoms with van der Waals surface area (Å²) >= 11 is 0. The molecule has 0 aliphatic rings. The summed E-state index contributed by atoms with van der Waals surface area (Å²) in [7, 11) is 0. The summed E-state index contributed by atoms with van der Waals surface area (Å²) in [4.78, 5) is 22.5. The van der Waals surface area contributed by atoms with Crippen LogP contribution in [0.1, 0.15) is 15.9 Å². The first-order valence-corrected chi connectivity index (χ1v) is 6.13. The number of carbonyl (C=O) groups excluding carboxylic acids is 1. The SMILES string of the molecule is Cc1cc(NC(=O)Nc2ccc(C(=O)O)cc2)ccc1F. The second kappa shape index (κ2) is 6.04. The van der Waals surface area contributed by atoms with Crippen molar-refractivity contribution in [2.45, 2.75) is 6.92 Å². The van der Waals surface area contributed by atoms with Crippen molar-refractivity contribution in [2.75, 3.05) is 10.6 Å². The molecule has 6 heteroatoms. The molecule has 108 valence electrons. The van der Waals surface area contributed by atoms with Crippen LogP contribution in [0.15, 0.2) is 42.5 Å². The lowest BCUT2D eigenvalue weighted by Gasteiger charge is -2.08. The molecule has 2 aromatic rings. The molecule has 2 rings (SSSR count). The van der Waals surface area contributed by atoms with Crippen molar-refractivity contribution in [1.82, 2.24) is 0 Å². The van der Waals surface area contributed by atoms with Crippen LogP contribution in [0.25, 0.3) is 0 Å². The molecule has 0 aliphatic heterocycles. The Labute approximate surface area is 120 Å². The third-order valence-corrected chi connectivity index (χ3v) is 2.81. The zero-order valence-corrected chi connectivity index (χ0v) is 11.2. The number of amides is 2. The van der Waals surface area contributed by atoms with Gasteiger partial charge >= 0.3 is 12.0 Å². The molecule has 0 fully saturated rings. The first kappa shape index (κ1) is 14.5. The van der Waals surface area contributed by atoms with Crippen LogP contribution in [-0.2, 0) is 0 Å². The summed E-state index contributed by atoms with van der Waals surface area (Å²) in [6, 6.07) is 9.49. The number of hydrogen-bond acceptors (Lipinski definition) is 2. The van der Waals surface area contributed by atoms with Gasteiger partial charge in [-0.15, -0.1) is 0 Å². The third kappa shape index (κ3) is 3.79. The van der Waals surface area contributed by atoms with E-state index >= 15 is 0 Å². The van der Waals surface area contributed by atoms with Gasteiger partial charge in [-0.1, -0.05) is 0 Å². The number of aromatic carboxylic acids is 1. The van der Waals surface area contributed by atoms with Gasteiger partial charge in [-0.3, -0.25) is 0 Å². The van der Waals surface area contributed by atoms with Crippen molar-refractivity contribution in [2.24, 2.45) is 0 Å². The smallest absolute Gasteiger partial charge is 0.335 e. The maximum absolute atomic E-state index is 13.1. The lowest BCUT2D eigenvalue weighted by molar-refractivity contribution is 0.0697. The maximum atomic E-state index is 13.1. The van der Waals surface area contributed by atoms with E-state index in [-0.39, 0.29) is 11.4 Å². The zero-order chi connectivity index (χ0) is 15.4. The highest BCUT2D eigenvalue weighted by Crippen LogP contribution is 2.15. The van der Waals surface area contributed by atoms with Crippen LogP contribution in [0.4, 0.5) is 20.6 Å². The van der Waals surface area contributed by atoms with Crippen LogP contribution < -0.4 is 10.6 Å². The molecule has 3 N–H and O–H groups in total. The van der Waals surface area contributed by atoms with Crippen LogP contribution in [0.5, 0.6) is 0 Å². The van der Waals surface area contributed by atoms with Crippen LogP contribution in [0, 0.1) is 12.7 Å². The van der Waals surface area contributed by atoms with E-state index in [1.807, 2.05) is 0 Å². The number of rotatable bonds is 3. The molecule has 2 aromatic carbocycles. The Hall–Kier alpha value is -2.89. The van der Waals surface area contributed by atoms with Crippen LogP contribution in [0.2, 0.25) is 0 Å². The number of urea groups is 1. The molecular formula is C15H13FN2O3. The van der Waals surface area contributed by atoms with Crippen molar-refractivity contribution in [3.8, 4) is 0 Å². The quantitative estimate of drug-likeness (QED) is 0.809. The average Bonchev–Trinajstić information content (AvgIpc) is 2.43. The Bertz CT molecular complexity index is 684. The minimum Gasteiger partial charge on any atom is -0.478 e. The summed E-state index contributed by atoms with van der Waals surface area (Å²) in [6.45, 7) is 1.60. The number of carboxylic acid groups (broad SMARTS) is 1. The molecule has 0 bridgehead atoms. The first-order valence-electron chi connectivity index (χ1n) is 6.13. The predicted octanol–water partition coefficient (Wildman–Crippen LogP) is 3.48. The third-order valence-electron chi connectivity index (χ3n) is 2.81. The van der Waals surface area contributed by atoms with E-state index in [2.05, 4.69) is 10.6 Å². The fourth-order valence-corrected chi connectivity index (χ4v) is 1.71. The minimum absolute atomic E-state index is 0.134. The topological polar surface area (TPSA) is 78.4 Å². The summed E-state index contributed by atoms with van der Waals surface area (Å²) in [5.41, 5.74) is 1.48. The van der Waals surface area contributed by atoms with Gasteiger partial charge in [-0.2, -0.15) is 0 Å². The number of hydrogen-bond donors (Lipinski definition) is 3. The highest BCUT2D eigenvalue weighted by atomic mass is 19.1. The molecular weight excluding hydrogens is 275 g/mol. The number of carbonyl (C=O) groups is 2. The normalized spacial score (nSPS) is 10.0. The minimum atomic E-state index is -1.03. The molecule has 2 amide bonds. The average molecular weight is 288 g/mol. The largest absolute Gasteiger partial charge is 0.478 e. The monoisotopic (exact) mass is 288 g/mol. The number of halogens is 1. The van der Waals surface area contributed by atoms with Crippen molar-refractivity contribution in [3.05, 3.63) is 59.4 Å². The Morgan fingerprint density at radius 2 is 1.57 bits per heavy atom. The Morgan fingerprint density at radius 1 is 1.00 bits per heavy atom. The molecule has 0 atom stereocenters. The summed E-state index contributed by atoms with van der Waals surface area (Å²) < 4.78 is 13.1. The molecule has 0 spiro atoms. The van der Waals surface area contributed by atoms with Crippen LogP contribution in [-0.4, -0.2) is 17.1 Å². The van der Waals surface area contributed by atoms with E-state index in [1.54, 1.807) is 6.92 Å². The summed E-state index contributed by atoms with van der Waals surface area (Å²) in [6.07, 6.45) is 0. The second-order valence-electron chi connectivity index (χ2n) is 4.43. The molecule has 0 saturated heterocycles. The maximum Gasteiger partial charge on any atom is 0.335 e. The lowest BCUT2D eigenvalue weighted by atomic mass is 10.2. The van der Waals surface area contributed by atoms with Gasteiger partial charge in [0.25, 0.3) is 0 Å². The van der Waals surface area contributed by atoms with Gasteiger partial charge in [0.1, 0.15) is 5.82 Å². The van der Waals surface area contributed by atoms with Crippen molar-refractivity contribution in [3.63, 3.8) is 0 Å². The zero-order valence-electron chi connectivity index (χ0n) is 11.2. The molecule has 0 saturated carbocycles. The van der Waals surface area contributed by atoms with Gasteiger partial charge in [0.2, 0.25) is 0 Å². The molecule has 0 aliphatic carbocycles. The number of anilines is 2. The molecule has 0 heterocycles. The highest BCUT2D eigenvalue weighted by molar-refractivity contribution is 6.00. The molecule has 5 nitrogen and oxygen atoms in total. The van der Waals surface area contributed by atoms with E-state index in [0.29, 0.717) is 16.9 Å². The van der Waals surface area contributed by atoms with Crippen molar-refractivity contribution >= 4 is 23.4 Å². The highest BCUT2D eigenvalue weighted by Gasteiger charge is 2.06. The van der Waals surface area contributed by atoms with Crippen LogP contribution >= 0.6 is 0 Å². The van der Waals surface area contributed by atoms with E-state index < -0.39 is 12.0 Å². The van der Waals surface area contributed by atoms with Gasteiger partial charge in [0.15, 0.2) is 0 Å². The molecule has 0 unspecified atom stereocenters. The van der Waals surface area contributed by atoms with Gasteiger partial charge in [-0.05, 0) is 55.0 Å².